The predicted octanol–water partition coefficient (Wildman–Crippen LogP) is 3.45. The summed E-state index contributed by atoms with van der Waals surface area (Å²) in [4.78, 5) is 11.6. The van der Waals surface area contributed by atoms with Gasteiger partial charge in [-0.3, -0.25) is 4.79 Å². The zero-order valence-electron chi connectivity index (χ0n) is 9.56. The molecule has 0 saturated carbocycles. The van der Waals surface area contributed by atoms with Crippen molar-refractivity contribution in [2.45, 2.75) is 19.0 Å². The second-order valence-corrected chi connectivity index (χ2v) is 4.07. The third kappa shape index (κ3) is 4.22. The van der Waals surface area contributed by atoms with Crippen molar-refractivity contribution in [1.29, 1.82) is 0 Å². The number of nitrogens with one attached hydrogen (secondary N) is 1. The van der Waals surface area contributed by atoms with Crippen LogP contribution < -0.4 is 5.32 Å². The summed E-state index contributed by atoms with van der Waals surface area (Å²) < 4.78 is 38.0. The molecule has 0 bridgehead atoms. The number of hydrogen-bond donors (Lipinski definition) is 1. The molecule has 2 nitrogen and oxygen atoms in total. The quantitative estimate of drug-likeness (QED) is 0.649. The van der Waals surface area contributed by atoms with E-state index >= 15 is 0 Å². The average molecular weight is 280 g/mol. The summed E-state index contributed by atoms with van der Waals surface area (Å²) in [6, 6.07) is 4.73. The number of carbonyl (C=O) groups is 1. The SMILES string of the molecule is O=C(NCCCCCl)c1ccccc1C(F)(F)F. The van der Waals surface area contributed by atoms with Crippen LogP contribution in [-0.2, 0) is 6.18 Å². The largest absolute Gasteiger partial charge is 0.417 e. The highest BCUT2D eigenvalue weighted by atomic mass is 35.5. The molecule has 6 heteroatoms. The van der Waals surface area contributed by atoms with E-state index in [1.807, 2.05) is 0 Å². The van der Waals surface area contributed by atoms with Gasteiger partial charge in [-0.1, -0.05) is 12.1 Å². The molecule has 0 radical (unpaired) electrons. The Kier molecular flexibility index (Phi) is 5.47. The van der Waals surface area contributed by atoms with Gasteiger partial charge in [-0.15, -0.1) is 11.6 Å². The lowest BCUT2D eigenvalue weighted by Crippen LogP contribution is -2.27. The van der Waals surface area contributed by atoms with Gasteiger partial charge < -0.3 is 5.32 Å². The Labute approximate surface area is 108 Å². The van der Waals surface area contributed by atoms with E-state index < -0.39 is 17.6 Å². The fraction of sp³-hybridized carbons (Fsp3) is 0.417. The molecule has 1 aromatic carbocycles. The molecule has 0 aromatic heterocycles. The Hall–Kier alpha value is -1.23. The monoisotopic (exact) mass is 279 g/mol. The lowest BCUT2D eigenvalue weighted by Gasteiger charge is -2.12. The highest BCUT2D eigenvalue weighted by Crippen LogP contribution is 2.31. The average Bonchev–Trinajstić information content (AvgIpc) is 2.33. The van der Waals surface area contributed by atoms with E-state index in [9.17, 15) is 18.0 Å². The second kappa shape index (κ2) is 6.64. The van der Waals surface area contributed by atoms with Gasteiger partial charge in [-0.05, 0) is 25.0 Å². The first-order chi connectivity index (χ1) is 8.46. The Morgan fingerprint density at radius 2 is 1.89 bits per heavy atom. The van der Waals surface area contributed by atoms with Gasteiger partial charge in [0, 0.05) is 12.4 Å². The predicted molar refractivity (Wildman–Crippen MR) is 63.7 cm³/mol. The van der Waals surface area contributed by atoms with E-state index in [4.69, 9.17) is 11.6 Å². The number of amides is 1. The lowest BCUT2D eigenvalue weighted by molar-refractivity contribution is -0.137. The topological polar surface area (TPSA) is 29.1 Å². The van der Waals surface area contributed by atoms with Crippen LogP contribution >= 0.6 is 11.6 Å². The maximum Gasteiger partial charge on any atom is 0.417 e. The van der Waals surface area contributed by atoms with Crippen molar-refractivity contribution >= 4 is 17.5 Å². The van der Waals surface area contributed by atoms with Crippen LogP contribution in [0.5, 0.6) is 0 Å². The molecule has 1 N–H and O–H groups in total. The number of carbonyl (C=O) groups excluding carboxylic acids is 1. The van der Waals surface area contributed by atoms with Gasteiger partial charge in [0.1, 0.15) is 0 Å². The standard InChI is InChI=1S/C12H13ClF3NO/c13-7-3-4-8-17-11(18)9-5-1-2-6-10(9)12(14,15)16/h1-2,5-6H,3-4,7-8H2,(H,17,18). The molecule has 0 aliphatic rings. The van der Waals surface area contributed by atoms with Crippen LogP contribution in [0.4, 0.5) is 13.2 Å². The highest BCUT2D eigenvalue weighted by Gasteiger charge is 2.34. The minimum atomic E-state index is -4.52. The van der Waals surface area contributed by atoms with Crippen molar-refractivity contribution in [1.82, 2.24) is 5.32 Å². The first-order valence-corrected chi connectivity index (χ1v) is 6.00. The van der Waals surface area contributed by atoms with Crippen LogP contribution in [0.2, 0.25) is 0 Å². The van der Waals surface area contributed by atoms with Crippen molar-refractivity contribution in [3.63, 3.8) is 0 Å². The summed E-state index contributed by atoms with van der Waals surface area (Å²) in [6.07, 6.45) is -3.17. The fourth-order valence-corrected chi connectivity index (χ4v) is 1.63. The van der Waals surface area contributed by atoms with Gasteiger partial charge in [0.05, 0.1) is 11.1 Å². The second-order valence-electron chi connectivity index (χ2n) is 3.70. The van der Waals surface area contributed by atoms with Gasteiger partial charge in [-0.2, -0.15) is 13.2 Å². The molecule has 18 heavy (non-hydrogen) atoms. The van der Waals surface area contributed by atoms with Gasteiger partial charge in [0.15, 0.2) is 0 Å². The molecule has 100 valence electrons. The smallest absolute Gasteiger partial charge is 0.352 e. The van der Waals surface area contributed by atoms with Crippen LogP contribution in [0, 0.1) is 0 Å². The van der Waals surface area contributed by atoms with E-state index in [0.29, 0.717) is 25.3 Å². The van der Waals surface area contributed by atoms with E-state index in [1.54, 1.807) is 0 Å². The minimum Gasteiger partial charge on any atom is -0.352 e. The summed E-state index contributed by atoms with van der Waals surface area (Å²) in [5, 5.41) is 2.45. The van der Waals surface area contributed by atoms with E-state index in [1.165, 1.54) is 18.2 Å². The molecule has 0 saturated heterocycles. The minimum absolute atomic E-state index is 0.317. The molecule has 0 fully saturated rings. The number of alkyl halides is 4. The maximum atomic E-state index is 12.7. The molecule has 1 amide bonds. The Morgan fingerprint density at radius 3 is 2.50 bits per heavy atom. The molecular weight excluding hydrogens is 267 g/mol. The summed E-state index contributed by atoms with van der Waals surface area (Å²) in [5.74, 6) is -0.243. The third-order valence-electron chi connectivity index (χ3n) is 2.32. The number of hydrogen-bond acceptors (Lipinski definition) is 1. The number of unbranched alkanes of at least 4 members (excludes halogenated alkanes) is 1. The maximum absolute atomic E-state index is 12.7. The molecule has 1 rings (SSSR count). The number of benzene rings is 1. The molecule has 0 aliphatic heterocycles. The van der Waals surface area contributed by atoms with Crippen LogP contribution in [0.3, 0.4) is 0 Å². The summed E-state index contributed by atoms with van der Waals surface area (Å²) >= 11 is 5.46. The Morgan fingerprint density at radius 1 is 1.22 bits per heavy atom. The highest BCUT2D eigenvalue weighted by molar-refractivity contribution is 6.17. The zero-order chi connectivity index (χ0) is 13.6. The van der Waals surface area contributed by atoms with Crippen LogP contribution in [-0.4, -0.2) is 18.3 Å². The summed E-state index contributed by atoms with van der Waals surface area (Å²) in [7, 11) is 0. The first-order valence-electron chi connectivity index (χ1n) is 5.47. The molecule has 0 unspecified atom stereocenters. The summed E-state index contributed by atoms with van der Waals surface area (Å²) in [5.41, 5.74) is -1.27. The molecule has 1 aromatic rings. The first kappa shape index (κ1) is 14.8. The van der Waals surface area contributed by atoms with Crippen LogP contribution in [0.1, 0.15) is 28.8 Å². The Bertz CT molecular complexity index is 407. The van der Waals surface area contributed by atoms with Gasteiger partial charge >= 0.3 is 6.18 Å². The molecule has 0 atom stereocenters. The van der Waals surface area contributed by atoms with Gasteiger partial charge in [-0.25, -0.2) is 0 Å². The van der Waals surface area contributed by atoms with Gasteiger partial charge in [0.25, 0.3) is 5.91 Å². The Balaban J connectivity index is 2.74. The third-order valence-corrected chi connectivity index (χ3v) is 2.59. The lowest BCUT2D eigenvalue weighted by atomic mass is 10.1. The van der Waals surface area contributed by atoms with E-state index in [0.717, 1.165) is 6.07 Å². The molecular formula is C12H13ClF3NO. The molecule has 0 aliphatic carbocycles. The van der Waals surface area contributed by atoms with Gasteiger partial charge in [0.2, 0.25) is 0 Å². The zero-order valence-corrected chi connectivity index (χ0v) is 10.3. The van der Waals surface area contributed by atoms with Crippen molar-refractivity contribution in [2.24, 2.45) is 0 Å². The fourth-order valence-electron chi connectivity index (χ4n) is 1.44. The van der Waals surface area contributed by atoms with Crippen molar-refractivity contribution in [2.75, 3.05) is 12.4 Å². The van der Waals surface area contributed by atoms with Crippen LogP contribution in [0.25, 0.3) is 0 Å². The van der Waals surface area contributed by atoms with Crippen LogP contribution in [0.15, 0.2) is 24.3 Å². The van der Waals surface area contributed by atoms with E-state index in [2.05, 4.69) is 5.32 Å². The molecule has 0 spiro atoms. The number of rotatable bonds is 5. The van der Waals surface area contributed by atoms with E-state index in [-0.39, 0.29) is 5.56 Å². The van der Waals surface area contributed by atoms with Crippen molar-refractivity contribution in [3.05, 3.63) is 35.4 Å². The van der Waals surface area contributed by atoms with Crippen molar-refractivity contribution in [3.8, 4) is 0 Å². The van der Waals surface area contributed by atoms with Crippen molar-refractivity contribution < 1.29 is 18.0 Å². The summed E-state index contributed by atoms with van der Waals surface area (Å²) in [6.45, 7) is 0.317. The normalized spacial score (nSPS) is 11.3. The molecule has 0 heterocycles. The number of halogens is 4.